The van der Waals surface area contributed by atoms with E-state index >= 15 is 0 Å². The van der Waals surface area contributed by atoms with Crippen LogP contribution < -0.4 is 0 Å². The number of hydrogen-bond acceptors (Lipinski definition) is 2. The molecular weight excluding hydrogens is 267 g/mol. The van der Waals surface area contributed by atoms with Gasteiger partial charge in [0.1, 0.15) is 0 Å². The number of rotatable bonds is 5. The molecule has 0 atom stereocenters. The van der Waals surface area contributed by atoms with Crippen molar-refractivity contribution in [1.82, 2.24) is 0 Å². The Morgan fingerprint density at radius 2 is 1.58 bits per heavy atom. The van der Waals surface area contributed by atoms with Gasteiger partial charge in [-0.3, -0.25) is 0 Å². The molecule has 0 aromatic carbocycles. The highest BCUT2D eigenvalue weighted by atomic mass is 127. The van der Waals surface area contributed by atoms with Gasteiger partial charge >= 0.3 is 0 Å². The second kappa shape index (κ2) is 4.77. The van der Waals surface area contributed by atoms with E-state index in [2.05, 4.69) is 36.4 Å². The van der Waals surface area contributed by atoms with Crippen molar-refractivity contribution in [1.29, 1.82) is 0 Å². The fraction of sp³-hybridized carbons (Fsp3) is 1.00. The normalized spacial score (nSPS) is 13.5. The molecule has 0 aliphatic rings. The van der Waals surface area contributed by atoms with Crippen LogP contribution in [0.2, 0.25) is 0 Å². The van der Waals surface area contributed by atoms with E-state index < -0.39 is 0 Å². The summed E-state index contributed by atoms with van der Waals surface area (Å²) in [7, 11) is 1.71. The van der Waals surface area contributed by atoms with Crippen LogP contribution in [-0.4, -0.2) is 29.3 Å². The molecule has 0 aliphatic carbocycles. The molecule has 0 N–H and O–H groups in total. The van der Waals surface area contributed by atoms with Gasteiger partial charge < -0.3 is 9.47 Å². The van der Waals surface area contributed by atoms with Crippen molar-refractivity contribution in [2.75, 3.05) is 18.1 Å². The third-order valence-electron chi connectivity index (χ3n) is 1.68. The van der Waals surface area contributed by atoms with E-state index in [-0.39, 0.29) is 11.2 Å². The molecule has 3 heteroatoms. The van der Waals surface area contributed by atoms with E-state index in [0.29, 0.717) is 6.61 Å². The van der Waals surface area contributed by atoms with Gasteiger partial charge in [0.05, 0.1) is 17.8 Å². The summed E-state index contributed by atoms with van der Waals surface area (Å²) in [6.45, 7) is 8.86. The van der Waals surface area contributed by atoms with E-state index in [4.69, 9.17) is 9.47 Å². The van der Waals surface area contributed by atoms with Gasteiger partial charge in [0.2, 0.25) is 0 Å². The molecule has 0 saturated carbocycles. The average molecular weight is 286 g/mol. The molecule has 0 spiro atoms. The predicted molar refractivity (Wildman–Crippen MR) is 60.0 cm³/mol. The lowest BCUT2D eigenvalue weighted by Crippen LogP contribution is -2.36. The lowest BCUT2D eigenvalue weighted by molar-refractivity contribution is -0.0965. The summed E-state index contributed by atoms with van der Waals surface area (Å²) in [5, 5.41) is 0. The summed E-state index contributed by atoms with van der Waals surface area (Å²) in [6.07, 6.45) is 0. The van der Waals surface area contributed by atoms with Gasteiger partial charge in [-0.15, -0.1) is 0 Å². The molecule has 0 aliphatic heterocycles. The molecule has 12 heavy (non-hydrogen) atoms. The first-order chi connectivity index (χ1) is 5.33. The fourth-order valence-corrected chi connectivity index (χ4v) is 0.687. The van der Waals surface area contributed by atoms with Gasteiger partial charge in [-0.05, 0) is 27.7 Å². The second-order valence-electron chi connectivity index (χ2n) is 4.15. The minimum atomic E-state index is -0.178. The zero-order valence-corrected chi connectivity index (χ0v) is 10.8. The maximum Gasteiger partial charge on any atom is 0.0855 e. The van der Waals surface area contributed by atoms with Crippen LogP contribution in [0.4, 0.5) is 0 Å². The third kappa shape index (κ3) is 5.32. The number of alkyl halides is 1. The first kappa shape index (κ1) is 12.7. The predicted octanol–water partition coefficient (Wildman–Crippen LogP) is 2.64. The fourth-order valence-electron chi connectivity index (χ4n) is 0.467. The monoisotopic (exact) mass is 286 g/mol. The highest BCUT2D eigenvalue weighted by Gasteiger charge is 2.23. The lowest BCUT2D eigenvalue weighted by atomic mass is 10.1. The minimum absolute atomic E-state index is 0.0453. The van der Waals surface area contributed by atoms with Crippen molar-refractivity contribution in [3.05, 3.63) is 0 Å². The van der Waals surface area contributed by atoms with Gasteiger partial charge in [0, 0.05) is 11.5 Å². The van der Waals surface area contributed by atoms with E-state index in [9.17, 15) is 0 Å². The SMILES string of the molecule is COC(C)(C)COC(C)(C)CI. The first-order valence-electron chi connectivity index (χ1n) is 4.08. The summed E-state index contributed by atoms with van der Waals surface area (Å²) in [5.74, 6) is 0. The van der Waals surface area contributed by atoms with Crippen LogP contribution in [0.3, 0.4) is 0 Å². The molecule has 74 valence electrons. The summed E-state index contributed by atoms with van der Waals surface area (Å²) in [5.41, 5.74) is -0.223. The highest BCUT2D eigenvalue weighted by molar-refractivity contribution is 14.1. The van der Waals surface area contributed by atoms with Crippen molar-refractivity contribution >= 4 is 22.6 Å². The largest absolute Gasteiger partial charge is 0.376 e. The van der Waals surface area contributed by atoms with Crippen LogP contribution in [0.25, 0.3) is 0 Å². The van der Waals surface area contributed by atoms with Crippen LogP contribution >= 0.6 is 22.6 Å². The zero-order chi connectivity index (χ0) is 9.83. The smallest absolute Gasteiger partial charge is 0.0855 e. The molecule has 0 unspecified atom stereocenters. The summed E-state index contributed by atoms with van der Waals surface area (Å²) < 4.78 is 11.9. The molecule has 0 bridgehead atoms. The molecule has 0 aromatic heterocycles. The summed E-state index contributed by atoms with van der Waals surface area (Å²) in [6, 6.07) is 0. The number of ether oxygens (including phenoxy) is 2. The molecule has 0 amide bonds. The molecule has 0 rings (SSSR count). The summed E-state index contributed by atoms with van der Waals surface area (Å²) >= 11 is 2.33. The standard InChI is InChI=1S/C9H19IO2/c1-8(2,6-10)12-7-9(3,4)11-5/h6-7H2,1-5H3. The Kier molecular flexibility index (Phi) is 5.02. The number of halogens is 1. The third-order valence-corrected chi connectivity index (χ3v) is 3.52. The maximum absolute atomic E-state index is 5.70. The molecule has 0 fully saturated rings. The van der Waals surface area contributed by atoms with Gasteiger partial charge in [-0.2, -0.15) is 0 Å². The number of hydrogen-bond donors (Lipinski definition) is 0. The Bertz CT molecular complexity index is 116. The van der Waals surface area contributed by atoms with Gasteiger partial charge in [0.25, 0.3) is 0 Å². The van der Waals surface area contributed by atoms with Gasteiger partial charge in [-0.1, -0.05) is 22.6 Å². The van der Waals surface area contributed by atoms with Crippen LogP contribution in [-0.2, 0) is 9.47 Å². The van der Waals surface area contributed by atoms with E-state index in [1.165, 1.54) is 0 Å². The molecule has 2 nitrogen and oxygen atoms in total. The zero-order valence-electron chi connectivity index (χ0n) is 8.61. The van der Waals surface area contributed by atoms with Gasteiger partial charge in [0.15, 0.2) is 0 Å². The van der Waals surface area contributed by atoms with Crippen molar-refractivity contribution < 1.29 is 9.47 Å². The number of methoxy groups -OCH3 is 1. The minimum Gasteiger partial charge on any atom is -0.376 e. The van der Waals surface area contributed by atoms with Crippen LogP contribution in [0.15, 0.2) is 0 Å². The van der Waals surface area contributed by atoms with Crippen molar-refractivity contribution in [2.45, 2.75) is 38.9 Å². The Morgan fingerprint density at radius 1 is 1.08 bits per heavy atom. The van der Waals surface area contributed by atoms with Crippen molar-refractivity contribution in [3.8, 4) is 0 Å². The maximum atomic E-state index is 5.70. The van der Waals surface area contributed by atoms with Gasteiger partial charge in [-0.25, -0.2) is 0 Å². The van der Waals surface area contributed by atoms with E-state index in [1.807, 2.05) is 13.8 Å². The Balaban J connectivity index is 3.82. The van der Waals surface area contributed by atoms with Crippen molar-refractivity contribution in [3.63, 3.8) is 0 Å². The molecule has 0 saturated heterocycles. The average Bonchev–Trinajstić information content (AvgIpc) is 2.02. The van der Waals surface area contributed by atoms with Crippen LogP contribution in [0.1, 0.15) is 27.7 Å². The molecular formula is C9H19IO2. The van der Waals surface area contributed by atoms with Crippen molar-refractivity contribution in [2.24, 2.45) is 0 Å². The molecule has 0 aromatic rings. The lowest BCUT2D eigenvalue weighted by Gasteiger charge is -2.29. The van der Waals surface area contributed by atoms with E-state index in [1.54, 1.807) is 7.11 Å². The Labute approximate surface area is 89.1 Å². The molecule has 0 heterocycles. The quantitative estimate of drug-likeness (QED) is 0.571. The Morgan fingerprint density at radius 3 is 1.92 bits per heavy atom. The Hall–Kier alpha value is 0.650. The second-order valence-corrected chi connectivity index (χ2v) is 4.91. The van der Waals surface area contributed by atoms with Crippen LogP contribution in [0.5, 0.6) is 0 Å². The highest BCUT2D eigenvalue weighted by Crippen LogP contribution is 2.17. The summed E-state index contributed by atoms with van der Waals surface area (Å²) in [4.78, 5) is 0. The van der Waals surface area contributed by atoms with Crippen LogP contribution in [0, 0.1) is 0 Å². The first-order valence-corrected chi connectivity index (χ1v) is 5.61. The topological polar surface area (TPSA) is 18.5 Å². The van der Waals surface area contributed by atoms with E-state index in [0.717, 1.165) is 4.43 Å². The molecule has 0 radical (unpaired) electrons.